The summed E-state index contributed by atoms with van der Waals surface area (Å²) >= 11 is 1.21. The van der Waals surface area contributed by atoms with E-state index in [0.717, 1.165) is 47.6 Å². The fourth-order valence-electron chi connectivity index (χ4n) is 4.45. The average molecular weight is 479 g/mol. The SMILES string of the molecule is CCN(C)c1cccnc1N1CCN(c2cc3cc(N4SCC(=O)C4=O)ccc3[nH]2)[C@@H](C=O)C1. The highest BCUT2D eigenvalue weighted by Gasteiger charge is 2.32. The van der Waals surface area contributed by atoms with Gasteiger partial charge in [-0.2, -0.15) is 0 Å². The Morgan fingerprint density at radius 1 is 1.24 bits per heavy atom. The average Bonchev–Trinajstić information content (AvgIpc) is 3.45. The smallest absolute Gasteiger partial charge is 0.305 e. The van der Waals surface area contributed by atoms with Gasteiger partial charge in [0.2, 0.25) is 5.78 Å². The number of aldehydes is 1. The second kappa shape index (κ2) is 9.02. The standard InChI is InChI=1S/C24H26N6O3S/c1-3-27(2)20-5-4-8-25-23(20)28-9-10-29(18(13-28)14-31)22-12-16-11-17(6-7-19(16)26-22)30-24(33)21(32)15-34-30/h4-8,11-12,14,18,26H,3,9-10,13,15H2,1-2H3/t18-/m1/s1. The van der Waals surface area contributed by atoms with E-state index in [0.29, 0.717) is 18.8 Å². The molecule has 0 spiro atoms. The van der Waals surface area contributed by atoms with Gasteiger partial charge in [0, 0.05) is 50.3 Å². The molecule has 2 fully saturated rings. The number of ketones is 1. The van der Waals surface area contributed by atoms with E-state index in [4.69, 9.17) is 0 Å². The number of nitrogens with one attached hydrogen (secondary N) is 1. The first-order chi connectivity index (χ1) is 16.5. The molecule has 4 heterocycles. The van der Waals surface area contributed by atoms with Crippen LogP contribution < -0.4 is 19.0 Å². The summed E-state index contributed by atoms with van der Waals surface area (Å²) in [6.45, 7) is 4.88. The molecule has 5 rings (SSSR count). The zero-order valence-electron chi connectivity index (χ0n) is 19.1. The van der Waals surface area contributed by atoms with Gasteiger partial charge in [0.05, 0.1) is 17.1 Å². The third-order valence-electron chi connectivity index (χ3n) is 6.41. The first kappa shape index (κ1) is 22.3. The zero-order chi connectivity index (χ0) is 23.8. The summed E-state index contributed by atoms with van der Waals surface area (Å²) < 4.78 is 1.44. The lowest BCUT2D eigenvalue weighted by Crippen LogP contribution is -2.54. The highest BCUT2D eigenvalue weighted by molar-refractivity contribution is 8.03. The number of hydrogen-bond acceptors (Lipinski definition) is 8. The van der Waals surface area contributed by atoms with Crippen molar-refractivity contribution in [2.45, 2.75) is 13.0 Å². The molecule has 34 heavy (non-hydrogen) atoms. The summed E-state index contributed by atoms with van der Waals surface area (Å²) in [5.41, 5.74) is 2.64. The van der Waals surface area contributed by atoms with Crippen LogP contribution in [0, 0.1) is 0 Å². The number of aromatic amines is 1. The number of hydrogen-bond donors (Lipinski definition) is 1. The lowest BCUT2D eigenvalue weighted by Gasteiger charge is -2.41. The summed E-state index contributed by atoms with van der Waals surface area (Å²) in [6, 6.07) is 11.3. The molecule has 1 aromatic carbocycles. The molecule has 1 atom stereocenters. The largest absolute Gasteiger partial charge is 0.372 e. The van der Waals surface area contributed by atoms with Crippen LogP contribution in [0.15, 0.2) is 42.6 Å². The van der Waals surface area contributed by atoms with Crippen LogP contribution in [-0.2, 0) is 14.4 Å². The van der Waals surface area contributed by atoms with Gasteiger partial charge in [0.15, 0.2) is 5.82 Å². The molecule has 0 unspecified atom stereocenters. The molecule has 2 aliphatic rings. The van der Waals surface area contributed by atoms with Crippen LogP contribution in [0.25, 0.3) is 10.9 Å². The number of nitrogens with zero attached hydrogens (tertiary/aromatic N) is 5. The highest BCUT2D eigenvalue weighted by Crippen LogP contribution is 2.34. The van der Waals surface area contributed by atoms with Crippen LogP contribution in [0.5, 0.6) is 0 Å². The highest BCUT2D eigenvalue weighted by atomic mass is 32.2. The number of piperazine rings is 1. The van der Waals surface area contributed by atoms with Crippen molar-refractivity contribution in [3.8, 4) is 0 Å². The minimum atomic E-state index is -0.486. The molecule has 10 heteroatoms. The van der Waals surface area contributed by atoms with Crippen LogP contribution in [0.4, 0.5) is 23.0 Å². The quantitative estimate of drug-likeness (QED) is 0.328. The number of anilines is 4. The molecule has 0 radical (unpaired) electrons. The topological polar surface area (TPSA) is 92.8 Å². The third-order valence-corrected chi connectivity index (χ3v) is 7.43. The minimum Gasteiger partial charge on any atom is -0.372 e. The molecule has 2 aromatic heterocycles. The maximum Gasteiger partial charge on any atom is 0.305 e. The normalized spacial score (nSPS) is 18.8. The summed E-state index contributed by atoms with van der Waals surface area (Å²) in [6.07, 6.45) is 2.78. The van der Waals surface area contributed by atoms with Gasteiger partial charge in [-0.05, 0) is 55.3 Å². The van der Waals surface area contributed by atoms with Crippen molar-refractivity contribution >= 4 is 63.8 Å². The second-order valence-electron chi connectivity index (χ2n) is 8.43. The number of aromatic nitrogens is 2. The lowest BCUT2D eigenvalue weighted by molar-refractivity contribution is -0.133. The van der Waals surface area contributed by atoms with Gasteiger partial charge >= 0.3 is 5.91 Å². The molecule has 1 N–H and O–H groups in total. The molecule has 0 saturated carbocycles. The number of carbonyl (C=O) groups excluding carboxylic acids is 3. The number of rotatable bonds is 6. The van der Waals surface area contributed by atoms with Gasteiger partial charge in [0.1, 0.15) is 18.1 Å². The molecule has 3 aromatic rings. The van der Waals surface area contributed by atoms with E-state index < -0.39 is 5.91 Å². The van der Waals surface area contributed by atoms with Gasteiger partial charge in [-0.1, -0.05) is 0 Å². The lowest BCUT2D eigenvalue weighted by atomic mass is 10.1. The van der Waals surface area contributed by atoms with Crippen molar-refractivity contribution in [3.05, 3.63) is 42.6 Å². The third kappa shape index (κ3) is 3.87. The molecule has 9 nitrogen and oxygen atoms in total. The van der Waals surface area contributed by atoms with Gasteiger partial charge < -0.3 is 24.5 Å². The maximum absolute atomic E-state index is 12.1. The van der Waals surface area contributed by atoms with Gasteiger partial charge in [-0.3, -0.25) is 9.59 Å². The summed E-state index contributed by atoms with van der Waals surface area (Å²) in [5.74, 6) is 1.05. The van der Waals surface area contributed by atoms with Crippen LogP contribution in [-0.4, -0.2) is 73.0 Å². The fraction of sp³-hybridized carbons (Fsp3) is 0.333. The number of H-pyrrole nitrogens is 1. The van der Waals surface area contributed by atoms with Crippen molar-refractivity contribution in [1.29, 1.82) is 0 Å². The van der Waals surface area contributed by atoms with E-state index in [2.05, 4.69) is 37.7 Å². The van der Waals surface area contributed by atoms with E-state index in [9.17, 15) is 14.4 Å². The van der Waals surface area contributed by atoms with Crippen molar-refractivity contribution in [1.82, 2.24) is 9.97 Å². The molecule has 2 aliphatic heterocycles. The summed E-state index contributed by atoms with van der Waals surface area (Å²) in [7, 11) is 2.04. The Labute approximate surface area is 201 Å². The van der Waals surface area contributed by atoms with Crippen LogP contribution in [0.1, 0.15) is 6.92 Å². The number of fused-ring (bicyclic) bond motifs is 1. The van der Waals surface area contributed by atoms with E-state index in [1.807, 2.05) is 37.4 Å². The molecule has 2 saturated heterocycles. The number of benzene rings is 1. The Bertz CT molecular complexity index is 1260. The minimum absolute atomic E-state index is 0.173. The molecule has 0 bridgehead atoms. The Balaban J connectivity index is 1.39. The number of amides is 1. The number of pyridine rings is 1. The van der Waals surface area contributed by atoms with E-state index >= 15 is 0 Å². The molecule has 176 valence electrons. The molecule has 0 aliphatic carbocycles. The predicted molar refractivity (Wildman–Crippen MR) is 136 cm³/mol. The maximum atomic E-state index is 12.1. The van der Waals surface area contributed by atoms with Crippen molar-refractivity contribution < 1.29 is 14.4 Å². The van der Waals surface area contributed by atoms with Crippen LogP contribution >= 0.6 is 11.9 Å². The molecule has 1 amide bonds. The van der Waals surface area contributed by atoms with E-state index in [1.165, 1.54) is 16.3 Å². The van der Waals surface area contributed by atoms with Crippen LogP contribution in [0.3, 0.4) is 0 Å². The zero-order valence-corrected chi connectivity index (χ0v) is 19.9. The first-order valence-electron chi connectivity index (χ1n) is 11.3. The molecular formula is C24H26N6O3S. The summed E-state index contributed by atoms with van der Waals surface area (Å²) in [4.78, 5) is 50.3. The van der Waals surface area contributed by atoms with Crippen molar-refractivity contribution in [3.63, 3.8) is 0 Å². The Morgan fingerprint density at radius 3 is 2.82 bits per heavy atom. The molecular weight excluding hydrogens is 452 g/mol. The Kier molecular flexibility index (Phi) is 5.91. The monoisotopic (exact) mass is 478 g/mol. The number of Topliss-reactive ketones (excluding diaryl/α,β-unsaturated/α-hetero) is 1. The Morgan fingerprint density at radius 2 is 2.09 bits per heavy atom. The van der Waals surface area contributed by atoms with Crippen LogP contribution in [0.2, 0.25) is 0 Å². The van der Waals surface area contributed by atoms with Gasteiger partial charge in [0.25, 0.3) is 0 Å². The van der Waals surface area contributed by atoms with Gasteiger partial charge in [-0.15, -0.1) is 0 Å². The van der Waals surface area contributed by atoms with Crippen molar-refractivity contribution in [2.75, 3.05) is 58.0 Å². The van der Waals surface area contributed by atoms with E-state index in [1.54, 1.807) is 6.20 Å². The number of carbonyl (C=O) groups is 3. The summed E-state index contributed by atoms with van der Waals surface area (Å²) in [5, 5.41) is 0.920. The van der Waals surface area contributed by atoms with E-state index in [-0.39, 0.29) is 17.6 Å². The first-order valence-corrected chi connectivity index (χ1v) is 12.2. The van der Waals surface area contributed by atoms with Gasteiger partial charge in [-0.25, -0.2) is 9.29 Å². The second-order valence-corrected chi connectivity index (χ2v) is 9.34. The fourth-order valence-corrected chi connectivity index (χ4v) is 5.30. The Hall–Kier alpha value is -3.53. The van der Waals surface area contributed by atoms with Crippen molar-refractivity contribution in [2.24, 2.45) is 0 Å². The predicted octanol–water partition coefficient (Wildman–Crippen LogP) is 2.48.